The highest BCUT2D eigenvalue weighted by Gasteiger charge is 2.34. The fraction of sp³-hybridized carbons (Fsp3) is 0.583. The minimum Gasteiger partial charge on any atom is -0.309 e. The van der Waals surface area contributed by atoms with E-state index in [-0.39, 0.29) is 6.04 Å². The number of nitrogens with one attached hydrogen (secondary N) is 1. The van der Waals surface area contributed by atoms with Gasteiger partial charge in [0, 0.05) is 6.20 Å². The maximum atomic E-state index is 12.4. The summed E-state index contributed by atoms with van der Waals surface area (Å²) in [5, 5.41) is 3.28. The number of halogens is 3. The summed E-state index contributed by atoms with van der Waals surface area (Å²) in [5.74, 6) is 0.527. The van der Waals surface area contributed by atoms with Crippen LogP contribution < -0.4 is 5.32 Å². The first-order chi connectivity index (χ1) is 8.02. The van der Waals surface area contributed by atoms with Gasteiger partial charge in [-0.25, -0.2) is 0 Å². The quantitative estimate of drug-likeness (QED) is 0.880. The molecule has 1 aliphatic rings. The lowest BCUT2D eigenvalue weighted by Gasteiger charge is -2.17. The molecule has 0 aliphatic heterocycles. The van der Waals surface area contributed by atoms with Crippen molar-refractivity contribution in [2.45, 2.75) is 32.0 Å². The highest BCUT2D eigenvalue weighted by molar-refractivity contribution is 5.20. The average Bonchev–Trinajstić information content (AvgIpc) is 3.09. The van der Waals surface area contributed by atoms with Crippen molar-refractivity contribution in [3.63, 3.8) is 0 Å². The van der Waals surface area contributed by atoms with Gasteiger partial charge in [0.1, 0.15) is 0 Å². The van der Waals surface area contributed by atoms with Crippen LogP contribution >= 0.6 is 0 Å². The van der Waals surface area contributed by atoms with E-state index < -0.39 is 11.7 Å². The summed E-state index contributed by atoms with van der Waals surface area (Å²) >= 11 is 0. The summed E-state index contributed by atoms with van der Waals surface area (Å²) in [6.07, 6.45) is -1.14. The molecular formula is C12H15F3N2. The smallest absolute Gasteiger partial charge is 0.309 e. The van der Waals surface area contributed by atoms with E-state index in [1.54, 1.807) is 0 Å². The van der Waals surface area contributed by atoms with Gasteiger partial charge in [0.05, 0.1) is 17.3 Å². The first-order valence-corrected chi connectivity index (χ1v) is 5.79. The van der Waals surface area contributed by atoms with E-state index in [2.05, 4.69) is 10.3 Å². The van der Waals surface area contributed by atoms with Crippen LogP contribution in [-0.4, -0.2) is 11.5 Å². The highest BCUT2D eigenvalue weighted by atomic mass is 19.4. The Morgan fingerprint density at radius 3 is 2.53 bits per heavy atom. The first-order valence-electron chi connectivity index (χ1n) is 5.79. The molecule has 2 nitrogen and oxygen atoms in total. The standard InChI is InChI=1S/C12H15F3N2/c1-2-16-11(8-3-4-8)10-6-5-9(7-17-10)12(13,14)15/h5-8,11,16H,2-4H2,1H3/t11-/m0/s1. The molecule has 1 aromatic heterocycles. The molecule has 17 heavy (non-hydrogen) atoms. The van der Waals surface area contributed by atoms with Crippen LogP contribution in [0.2, 0.25) is 0 Å². The summed E-state index contributed by atoms with van der Waals surface area (Å²) in [7, 11) is 0. The molecule has 1 saturated carbocycles. The summed E-state index contributed by atoms with van der Waals surface area (Å²) in [4.78, 5) is 3.94. The molecule has 2 rings (SSSR count). The minimum absolute atomic E-state index is 0.0993. The van der Waals surface area contributed by atoms with Gasteiger partial charge in [-0.3, -0.25) is 4.98 Å². The molecule has 5 heteroatoms. The number of alkyl halides is 3. The lowest BCUT2D eigenvalue weighted by Crippen LogP contribution is -2.23. The Hall–Kier alpha value is -1.10. The SMILES string of the molecule is CCN[C@H](c1ccc(C(F)(F)F)cn1)C1CC1. The van der Waals surface area contributed by atoms with Crippen molar-refractivity contribution in [2.75, 3.05) is 6.54 Å². The fourth-order valence-corrected chi connectivity index (χ4v) is 1.92. The molecule has 1 atom stereocenters. The van der Waals surface area contributed by atoms with Crippen LogP contribution in [0.3, 0.4) is 0 Å². The molecule has 1 aromatic rings. The Morgan fingerprint density at radius 2 is 2.12 bits per heavy atom. The van der Waals surface area contributed by atoms with Crippen molar-refractivity contribution >= 4 is 0 Å². The normalized spacial score (nSPS) is 18.1. The third kappa shape index (κ3) is 2.97. The van der Waals surface area contributed by atoms with Crippen molar-refractivity contribution in [3.8, 4) is 0 Å². The second-order valence-electron chi connectivity index (χ2n) is 4.34. The molecule has 94 valence electrons. The van der Waals surface area contributed by atoms with Crippen LogP contribution in [0, 0.1) is 5.92 Å². The summed E-state index contributed by atoms with van der Waals surface area (Å²) < 4.78 is 37.2. The lowest BCUT2D eigenvalue weighted by atomic mass is 10.1. The van der Waals surface area contributed by atoms with Crippen LogP contribution in [0.15, 0.2) is 18.3 Å². The molecule has 0 unspecified atom stereocenters. The fourth-order valence-electron chi connectivity index (χ4n) is 1.92. The third-order valence-electron chi connectivity index (χ3n) is 2.95. The van der Waals surface area contributed by atoms with E-state index >= 15 is 0 Å². The Balaban J connectivity index is 2.15. The Labute approximate surface area is 98.2 Å². The first kappa shape index (κ1) is 12.4. The van der Waals surface area contributed by atoms with E-state index in [0.717, 1.165) is 31.6 Å². The average molecular weight is 244 g/mol. The number of aromatic nitrogens is 1. The van der Waals surface area contributed by atoms with Crippen molar-refractivity contribution in [1.82, 2.24) is 10.3 Å². The van der Waals surface area contributed by atoms with Crippen LogP contribution in [0.4, 0.5) is 13.2 Å². The van der Waals surface area contributed by atoms with Gasteiger partial charge in [-0.05, 0) is 37.4 Å². The van der Waals surface area contributed by atoms with Crippen molar-refractivity contribution < 1.29 is 13.2 Å². The third-order valence-corrected chi connectivity index (χ3v) is 2.95. The zero-order valence-corrected chi connectivity index (χ0v) is 9.59. The van der Waals surface area contributed by atoms with Crippen molar-refractivity contribution in [2.24, 2.45) is 5.92 Å². The summed E-state index contributed by atoms with van der Waals surface area (Å²) in [6.45, 7) is 2.78. The minimum atomic E-state index is -4.31. The van der Waals surface area contributed by atoms with Gasteiger partial charge < -0.3 is 5.32 Å². The molecule has 0 radical (unpaired) electrons. The van der Waals surface area contributed by atoms with Gasteiger partial charge in [0.15, 0.2) is 0 Å². The molecule has 1 heterocycles. The van der Waals surface area contributed by atoms with E-state index in [1.807, 2.05) is 6.92 Å². The lowest BCUT2D eigenvalue weighted by molar-refractivity contribution is -0.137. The molecular weight excluding hydrogens is 229 g/mol. The summed E-state index contributed by atoms with van der Waals surface area (Å²) in [5.41, 5.74) is 0.0228. The molecule has 1 N–H and O–H groups in total. The van der Waals surface area contributed by atoms with Gasteiger partial charge in [0.25, 0.3) is 0 Å². The van der Waals surface area contributed by atoms with Gasteiger partial charge in [-0.1, -0.05) is 6.92 Å². The molecule has 0 bridgehead atoms. The molecule has 0 amide bonds. The summed E-state index contributed by atoms with van der Waals surface area (Å²) in [6, 6.07) is 2.69. The van der Waals surface area contributed by atoms with Crippen LogP contribution in [0.25, 0.3) is 0 Å². The monoisotopic (exact) mass is 244 g/mol. The predicted molar refractivity (Wildman–Crippen MR) is 58.4 cm³/mol. The second kappa shape index (κ2) is 4.64. The van der Waals surface area contributed by atoms with E-state index in [9.17, 15) is 13.2 Å². The van der Waals surface area contributed by atoms with Gasteiger partial charge in [0.2, 0.25) is 0 Å². The van der Waals surface area contributed by atoms with Gasteiger partial charge >= 0.3 is 6.18 Å². The van der Waals surface area contributed by atoms with Crippen molar-refractivity contribution in [1.29, 1.82) is 0 Å². The highest BCUT2D eigenvalue weighted by Crippen LogP contribution is 2.40. The van der Waals surface area contributed by atoms with Crippen molar-refractivity contribution in [3.05, 3.63) is 29.6 Å². The molecule has 0 saturated heterocycles. The number of nitrogens with zero attached hydrogens (tertiary/aromatic N) is 1. The van der Waals surface area contributed by atoms with E-state index in [1.165, 1.54) is 6.07 Å². The Kier molecular flexibility index (Phi) is 3.38. The van der Waals surface area contributed by atoms with Crippen LogP contribution in [0.5, 0.6) is 0 Å². The maximum absolute atomic E-state index is 12.4. The van der Waals surface area contributed by atoms with E-state index in [0.29, 0.717) is 11.6 Å². The van der Waals surface area contributed by atoms with Gasteiger partial charge in [-0.2, -0.15) is 13.2 Å². The Morgan fingerprint density at radius 1 is 1.41 bits per heavy atom. The topological polar surface area (TPSA) is 24.9 Å². The number of hydrogen-bond donors (Lipinski definition) is 1. The molecule has 0 aromatic carbocycles. The maximum Gasteiger partial charge on any atom is 0.417 e. The van der Waals surface area contributed by atoms with E-state index in [4.69, 9.17) is 0 Å². The number of hydrogen-bond acceptors (Lipinski definition) is 2. The Bertz CT molecular complexity index is 368. The zero-order chi connectivity index (χ0) is 12.5. The van der Waals surface area contributed by atoms with Crippen LogP contribution in [0.1, 0.15) is 37.1 Å². The molecule has 1 fully saturated rings. The molecule has 0 spiro atoms. The van der Waals surface area contributed by atoms with Crippen LogP contribution in [-0.2, 0) is 6.18 Å². The number of rotatable bonds is 4. The largest absolute Gasteiger partial charge is 0.417 e. The predicted octanol–water partition coefficient (Wildman–Crippen LogP) is 3.16. The zero-order valence-electron chi connectivity index (χ0n) is 9.59. The number of pyridine rings is 1. The van der Waals surface area contributed by atoms with Gasteiger partial charge in [-0.15, -0.1) is 0 Å². The second-order valence-corrected chi connectivity index (χ2v) is 4.34. The molecule has 1 aliphatic carbocycles.